The number of benzene rings is 1. The average molecular weight is 250 g/mol. The molecule has 0 aliphatic rings. The van der Waals surface area contributed by atoms with E-state index in [9.17, 15) is 4.79 Å². The number of carbonyl (C=O) groups excluding carboxylic acids is 1. The number of nitrogens with one attached hydrogen (secondary N) is 2. The van der Waals surface area contributed by atoms with Crippen LogP contribution in [0.2, 0.25) is 0 Å². The van der Waals surface area contributed by atoms with E-state index in [2.05, 4.69) is 10.6 Å². The third-order valence-corrected chi connectivity index (χ3v) is 2.77. The van der Waals surface area contributed by atoms with Crippen LogP contribution in [0.25, 0.3) is 0 Å². The summed E-state index contributed by atoms with van der Waals surface area (Å²) >= 11 is 0. The molecule has 0 atom stereocenters. The van der Waals surface area contributed by atoms with Gasteiger partial charge in [-0.1, -0.05) is 6.07 Å². The molecule has 1 amide bonds. The van der Waals surface area contributed by atoms with Crippen molar-refractivity contribution in [1.29, 1.82) is 0 Å². The Balaban J connectivity index is 2.27. The lowest BCUT2D eigenvalue weighted by Crippen LogP contribution is -2.30. The summed E-state index contributed by atoms with van der Waals surface area (Å²) in [6.07, 6.45) is 0.922. The fraction of sp³-hybridized carbons (Fsp3) is 0.500. The minimum atomic E-state index is -0.0793. The smallest absolute Gasteiger partial charge is 0.257 e. The fourth-order valence-corrected chi connectivity index (χ4v) is 1.50. The van der Waals surface area contributed by atoms with Crippen LogP contribution in [0.4, 0.5) is 0 Å². The number of aryl methyl sites for hydroxylation is 2. The monoisotopic (exact) mass is 250 g/mol. The first-order chi connectivity index (χ1) is 8.63. The Hall–Kier alpha value is -1.55. The molecule has 4 nitrogen and oxygen atoms in total. The number of carbonyl (C=O) groups is 1. The largest absolute Gasteiger partial charge is 0.484 e. The number of hydrogen-bond acceptors (Lipinski definition) is 3. The predicted molar refractivity (Wildman–Crippen MR) is 73.0 cm³/mol. The second kappa shape index (κ2) is 7.71. The Labute approximate surface area is 109 Å². The average Bonchev–Trinajstić information content (AvgIpc) is 2.36. The summed E-state index contributed by atoms with van der Waals surface area (Å²) < 4.78 is 5.43. The first kappa shape index (κ1) is 14.5. The zero-order chi connectivity index (χ0) is 13.4. The van der Waals surface area contributed by atoms with Crippen molar-refractivity contribution in [2.75, 3.05) is 26.7 Å². The lowest BCUT2D eigenvalue weighted by Gasteiger charge is -2.09. The predicted octanol–water partition coefficient (Wildman–Crippen LogP) is 1.41. The minimum Gasteiger partial charge on any atom is -0.484 e. The molecule has 0 bridgehead atoms. The van der Waals surface area contributed by atoms with Crippen molar-refractivity contribution in [2.45, 2.75) is 20.3 Å². The number of hydrogen-bond donors (Lipinski definition) is 2. The highest BCUT2D eigenvalue weighted by atomic mass is 16.5. The van der Waals surface area contributed by atoms with Crippen molar-refractivity contribution in [3.05, 3.63) is 29.3 Å². The summed E-state index contributed by atoms with van der Waals surface area (Å²) in [6.45, 7) is 5.73. The summed E-state index contributed by atoms with van der Waals surface area (Å²) in [6, 6.07) is 5.83. The molecule has 4 heteroatoms. The summed E-state index contributed by atoms with van der Waals surface area (Å²) in [5.41, 5.74) is 2.39. The van der Waals surface area contributed by atoms with E-state index < -0.39 is 0 Å². The van der Waals surface area contributed by atoms with Gasteiger partial charge in [-0.25, -0.2) is 0 Å². The Morgan fingerprint density at radius 1 is 1.22 bits per heavy atom. The van der Waals surface area contributed by atoms with Gasteiger partial charge in [-0.15, -0.1) is 0 Å². The van der Waals surface area contributed by atoms with Crippen molar-refractivity contribution < 1.29 is 9.53 Å². The van der Waals surface area contributed by atoms with Gasteiger partial charge >= 0.3 is 0 Å². The molecule has 0 unspecified atom stereocenters. The van der Waals surface area contributed by atoms with Crippen LogP contribution >= 0.6 is 0 Å². The molecule has 1 rings (SSSR count). The molecule has 0 spiro atoms. The normalized spacial score (nSPS) is 10.2. The molecule has 18 heavy (non-hydrogen) atoms. The standard InChI is InChI=1S/C14H22N2O2/c1-11-5-6-13(9-12(11)2)18-10-14(17)16-8-4-7-15-3/h5-6,9,15H,4,7-8,10H2,1-3H3,(H,16,17). The van der Waals surface area contributed by atoms with Gasteiger partial charge in [0.25, 0.3) is 5.91 Å². The molecule has 100 valence electrons. The SMILES string of the molecule is CNCCCNC(=O)COc1ccc(C)c(C)c1. The van der Waals surface area contributed by atoms with E-state index in [1.165, 1.54) is 11.1 Å². The van der Waals surface area contributed by atoms with Crippen LogP contribution in [0.3, 0.4) is 0 Å². The molecule has 0 saturated carbocycles. The van der Waals surface area contributed by atoms with Crippen molar-refractivity contribution in [2.24, 2.45) is 0 Å². The maximum atomic E-state index is 11.5. The highest BCUT2D eigenvalue weighted by molar-refractivity contribution is 5.77. The van der Waals surface area contributed by atoms with Crippen LogP contribution < -0.4 is 15.4 Å². The molecule has 0 aromatic heterocycles. The molecular weight excluding hydrogens is 228 g/mol. The van der Waals surface area contributed by atoms with Gasteiger partial charge in [0.15, 0.2) is 6.61 Å². The zero-order valence-corrected chi connectivity index (χ0v) is 11.4. The van der Waals surface area contributed by atoms with Gasteiger partial charge < -0.3 is 15.4 Å². The molecule has 2 N–H and O–H groups in total. The van der Waals surface area contributed by atoms with E-state index in [-0.39, 0.29) is 12.5 Å². The van der Waals surface area contributed by atoms with Crippen LogP contribution in [0.15, 0.2) is 18.2 Å². The van der Waals surface area contributed by atoms with E-state index in [0.29, 0.717) is 6.54 Å². The van der Waals surface area contributed by atoms with E-state index in [1.54, 1.807) is 0 Å². The zero-order valence-electron chi connectivity index (χ0n) is 11.4. The molecule has 0 aliphatic heterocycles. The fourth-order valence-electron chi connectivity index (χ4n) is 1.50. The molecule has 0 fully saturated rings. The van der Waals surface area contributed by atoms with Gasteiger partial charge in [0, 0.05) is 6.54 Å². The maximum absolute atomic E-state index is 11.5. The first-order valence-corrected chi connectivity index (χ1v) is 6.25. The second-order valence-electron chi connectivity index (χ2n) is 4.34. The van der Waals surface area contributed by atoms with Crippen LogP contribution in [-0.4, -0.2) is 32.7 Å². The van der Waals surface area contributed by atoms with Crippen molar-refractivity contribution in [3.8, 4) is 5.75 Å². The van der Waals surface area contributed by atoms with E-state index in [4.69, 9.17) is 4.74 Å². The molecule has 1 aromatic rings. The van der Waals surface area contributed by atoms with Gasteiger partial charge in [0.2, 0.25) is 0 Å². The Morgan fingerprint density at radius 2 is 2.00 bits per heavy atom. The summed E-state index contributed by atoms with van der Waals surface area (Å²) in [5, 5.41) is 5.84. The van der Waals surface area contributed by atoms with Crippen LogP contribution in [0.5, 0.6) is 5.75 Å². The third-order valence-electron chi connectivity index (χ3n) is 2.77. The maximum Gasteiger partial charge on any atom is 0.257 e. The molecular formula is C14H22N2O2. The lowest BCUT2D eigenvalue weighted by atomic mass is 10.1. The van der Waals surface area contributed by atoms with Gasteiger partial charge in [-0.2, -0.15) is 0 Å². The molecule has 1 aromatic carbocycles. The molecule has 0 radical (unpaired) electrons. The first-order valence-electron chi connectivity index (χ1n) is 6.25. The van der Waals surface area contributed by atoms with Gasteiger partial charge in [0.05, 0.1) is 0 Å². The van der Waals surface area contributed by atoms with Gasteiger partial charge in [-0.3, -0.25) is 4.79 Å². The third kappa shape index (κ3) is 5.19. The Kier molecular flexibility index (Phi) is 6.22. The van der Waals surface area contributed by atoms with Crippen LogP contribution in [0.1, 0.15) is 17.5 Å². The van der Waals surface area contributed by atoms with E-state index in [0.717, 1.165) is 18.7 Å². The highest BCUT2D eigenvalue weighted by Gasteiger charge is 2.02. The van der Waals surface area contributed by atoms with Crippen LogP contribution in [-0.2, 0) is 4.79 Å². The van der Waals surface area contributed by atoms with Crippen molar-refractivity contribution >= 4 is 5.91 Å². The topological polar surface area (TPSA) is 50.4 Å². The number of rotatable bonds is 7. The molecule has 0 heterocycles. The summed E-state index contributed by atoms with van der Waals surface area (Å²) in [5.74, 6) is 0.660. The minimum absolute atomic E-state index is 0.0715. The van der Waals surface area contributed by atoms with E-state index in [1.807, 2.05) is 39.1 Å². The second-order valence-corrected chi connectivity index (χ2v) is 4.34. The summed E-state index contributed by atoms with van der Waals surface area (Å²) in [4.78, 5) is 11.5. The lowest BCUT2D eigenvalue weighted by molar-refractivity contribution is -0.123. The van der Waals surface area contributed by atoms with Gasteiger partial charge in [-0.05, 0) is 57.1 Å². The highest BCUT2D eigenvalue weighted by Crippen LogP contribution is 2.16. The summed E-state index contributed by atoms with van der Waals surface area (Å²) in [7, 11) is 1.89. The quantitative estimate of drug-likeness (QED) is 0.719. The Morgan fingerprint density at radius 3 is 2.67 bits per heavy atom. The number of amides is 1. The van der Waals surface area contributed by atoms with Gasteiger partial charge in [0.1, 0.15) is 5.75 Å². The van der Waals surface area contributed by atoms with E-state index >= 15 is 0 Å². The van der Waals surface area contributed by atoms with Crippen molar-refractivity contribution in [3.63, 3.8) is 0 Å². The molecule has 0 aliphatic carbocycles. The number of ether oxygens (including phenoxy) is 1. The van der Waals surface area contributed by atoms with Crippen molar-refractivity contribution in [1.82, 2.24) is 10.6 Å². The Bertz CT molecular complexity index is 391. The molecule has 0 saturated heterocycles. The van der Waals surface area contributed by atoms with Crippen LogP contribution in [0, 0.1) is 13.8 Å².